The molecule has 178 valence electrons. The smallest absolute Gasteiger partial charge is 0.164 e. The largest absolute Gasteiger partial charge is 0.255 e. The van der Waals surface area contributed by atoms with Gasteiger partial charge in [0.25, 0.3) is 0 Å². The van der Waals surface area contributed by atoms with Crippen molar-refractivity contribution < 1.29 is 0 Å². The molecular weight excluding hydrogens is 466 g/mol. The summed E-state index contributed by atoms with van der Waals surface area (Å²) >= 11 is 0. The first kappa shape index (κ1) is 21.9. The molecule has 0 aliphatic rings. The Morgan fingerprint density at radius 2 is 0.868 bits per heavy atom. The van der Waals surface area contributed by atoms with Crippen LogP contribution in [0.2, 0.25) is 0 Å². The molecule has 4 aromatic carbocycles. The molecule has 5 nitrogen and oxygen atoms in total. The summed E-state index contributed by atoms with van der Waals surface area (Å²) in [6.07, 6.45) is 1.83. The van der Waals surface area contributed by atoms with Gasteiger partial charge in [-0.3, -0.25) is 4.98 Å². The van der Waals surface area contributed by atoms with Crippen LogP contribution in [0.3, 0.4) is 0 Å². The second-order valence-corrected chi connectivity index (χ2v) is 8.99. The van der Waals surface area contributed by atoms with E-state index < -0.39 is 0 Å². The highest BCUT2D eigenvalue weighted by Crippen LogP contribution is 2.32. The fraction of sp³-hybridized carbons (Fsp3) is 0. The summed E-state index contributed by atoms with van der Waals surface area (Å²) in [5.41, 5.74) is 6.61. The number of hydrogen-bond acceptors (Lipinski definition) is 5. The molecule has 0 N–H and O–H groups in total. The van der Waals surface area contributed by atoms with Crippen molar-refractivity contribution in [2.24, 2.45) is 0 Å². The lowest BCUT2D eigenvalue weighted by atomic mass is 10.0. The molecule has 0 fully saturated rings. The van der Waals surface area contributed by atoms with Gasteiger partial charge in [0.2, 0.25) is 0 Å². The minimum atomic E-state index is 0.627. The molecule has 3 aromatic heterocycles. The third-order valence-electron chi connectivity index (χ3n) is 6.57. The number of aromatic nitrogens is 5. The quantitative estimate of drug-likeness (QED) is 0.239. The highest BCUT2D eigenvalue weighted by Gasteiger charge is 2.14. The van der Waals surface area contributed by atoms with Crippen LogP contribution in [0.25, 0.3) is 67.2 Å². The van der Waals surface area contributed by atoms with Crippen LogP contribution < -0.4 is 0 Å². The van der Waals surface area contributed by atoms with Gasteiger partial charge in [-0.05, 0) is 18.2 Å². The van der Waals surface area contributed by atoms with E-state index in [1.165, 1.54) is 0 Å². The van der Waals surface area contributed by atoms with Crippen LogP contribution in [0.4, 0.5) is 0 Å². The summed E-state index contributed by atoms with van der Waals surface area (Å²) in [7, 11) is 0. The minimum Gasteiger partial charge on any atom is -0.255 e. The Hall–Kier alpha value is -5.29. The molecule has 0 atom stereocenters. The van der Waals surface area contributed by atoms with Gasteiger partial charge in [0, 0.05) is 39.2 Å². The lowest BCUT2D eigenvalue weighted by Gasteiger charge is -2.11. The maximum atomic E-state index is 5.00. The second kappa shape index (κ2) is 9.30. The van der Waals surface area contributed by atoms with Crippen molar-refractivity contribution >= 4 is 21.8 Å². The topological polar surface area (TPSA) is 64.5 Å². The highest BCUT2D eigenvalue weighted by atomic mass is 15.0. The van der Waals surface area contributed by atoms with Gasteiger partial charge in [-0.2, -0.15) is 0 Å². The van der Waals surface area contributed by atoms with Crippen molar-refractivity contribution in [3.63, 3.8) is 0 Å². The zero-order valence-corrected chi connectivity index (χ0v) is 20.4. The summed E-state index contributed by atoms with van der Waals surface area (Å²) in [4.78, 5) is 24.2. The lowest BCUT2D eigenvalue weighted by molar-refractivity contribution is 1.07. The summed E-state index contributed by atoms with van der Waals surface area (Å²) in [5, 5.41) is 2.08. The molecule has 3 heterocycles. The van der Waals surface area contributed by atoms with Crippen LogP contribution in [0, 0.1) is 0 Å². The van der Waals surface area contributed by atoms with E-state index in [1.54, 1.807) is 0 Å². The van der Waals surface area contributed by atoms with Gasteiger partial charge in [0.1, 0.15) is 0 Å². The van der Waals surface area contributed by atoms with Crippen LogP contribution in [0.1, 0.15) is 0 Å². The van der Waals surface area contributed by atoms with Gasteiger partial charge >= 0.3 is 0 Å². The van der Waals surface area contributed by atoms with Gasteiger partial charge < -0.3 is 0 Å². The van der Waals surface area contributed by atoms with Crippen LogP contribution in [0.5, 0.6) is 0 Å². The van der Waals surface area contributed by atoms with E-state index in [0.29, 0.717) is 17.5 Å². The summed E-state index contributed by atoms with van der Waals surface area (Å²) < 4.78 is 0. The van der Waals surface area contributed by atoms with Crippen LogP contribution in [-0.2, 0) is 0 Å². The number of para-hydroxylation sites is 1. The number of rotatable bonds is 4. The SMILES string of the molecule is c1ccc(-c2nc(-c3ccccc3)nc(-c3ccc(-c4nc5ccccc5c5ncccc45)cc3)n2)cc1. The first-order chi connectivity index (χ1) is 18.8. The van der Waals surface area contributed by atoms with Crippen molar-refractivity contribution in [1.82, 2.24) is 24.9 Å². The standard InChI is InChI=1S/C33H21N5/c1-3-10-23(11-4-1)31-36-32(24-12-5-2-6-13-24)38-33(37-31)25-19-17-22(18-20-25)29-27-15-9-21-34-30(27)26-14-7-8-16-28(26)35-29/h1-21H. The summed E-state index contributed by atoms with van der Waals surface area (Å²) in [6, 6.07) is 40.4. The van der Waals surface area contributed by atoms with E-state index >= 15 is 0 Å². The number of hydrogen-bond donors (Lipinski definition) is 0. The molecule has 7 aromatic rings. The molecule has 0 saturated carbocycles. The van der Waals surface area contributed by atoms with E-state index in [0.717, 1.165) is 49.8 Å². The van der Waals surface area contributed by atoms with E-state index in [1.807, 2.05) is 103 Å². The number of fused-ring (bicyclic) bond motifs is 3. The Morgan fingerprint density at radius 1 is 0.368 bits per heavy atom. The van der Waals surface area contributed by atoms with E-state index in [4.69, 9.17) is 19.9 Å². The van der Waals surface area contributed by atoms with Crippen molar-refractivity contribution in [2.75, 3.05) is 0 Å². The van der Waals surface area contributed by atoms with Crippen LogP contribution in [0.15, 0.2) is 128 Å². The fourth-order valence-electron chi connectivity index (χ4n) is 4.70. The fourth-order valence-corrected chi connectivity index (χ4v) is 4.70. The normalized spacial score (nSPS) is 11.2. The maximum Gasteiger partial charge on any atom is 0.164 e. The molecule has 0 aliphatic carbocycles. The molecule has 0 amide bonds. The summed E-state index contributed by atoms with van der Waals surface area (Å²) in [5.74, 6) is 1.92. The molecule has 5 heteroatoms. The third kappa shape index (κ3) is 3.96. The Labute approximate surface area is 219 Å². The molecule has 0 radical (unpaired) electrons. The zero-order chi connectivity index (χ0) is 25.3. The van der Waals surface area contributed by atoms with E-state index in [2.05, 4.69) is 29.2 Å². The zero-order valence-electron chi connectivity index (χ0n) is 20.4. The van der Waals surface area contributed by atoms with Gasteiger partial charge in [0.05, 0.1) is 16.7 Å². The monoisotopic (exact) mass is 487 g/mol. The third-order valence-corrected chi connectivity index (χ3v) is 6.57. The number of pyridine rings is 2. The molecule has 0 bridgehead atoms. The Kier molecular flexibility index (Phi) is 5.37. The Bertz CT molecular complexity index is 1840. The Balaban J connectivity index is 1.35. The molecule has 38 heavy (non-hydrogen) atoms. The predicted molar refractivity (Wildman–Crippen MR) is 152 cm³/mol. The molecule has 0 unspecified atom stereocenters. The predicted octanol–water partition coefficient (Wildman–Crippen LogP) is 7.64. The van der Waals surface area contributed by atoms with Crippen LogP contribution >= 0.6 is 0 Å². The summed E-state index contributed by atoms with van der Waals surface area (Å²) in [6.45, 7) is 0. The van der Waals surface area contributed by atoms with E-state index in [-0.39, 0.29) is 0 Å². The lowest BCUT2D eigenvalue weighted by Crippen LogP contribution is -2.00. The first-order valence-electron chi connectivity index (χ1n) is 12.4. The van der Waals surface area contributed by atoms with Gasteiger partial charge in [0.15, 0.2) is 17.5 Å². The Morgan fingerprint density at radius 3 is 1.50 bits per heavy atom. The number of nitrogens with zero attached hydrogens (tertiary/aromatic N) is 5. The van der Waals surface area contributed by atoms with E-state index in [9.17, 15) is 0 Å². The van der Waals surface area contributed by atoms with Gasteiger partial charge in [-0.25, -0.2) is 19.9 Å². The maximum absolute atomic E-state index is 5.00. The van der Waals surface area contributed by atoms with Crippen molar-refractivity contribution in [3.8, 4) is 45.4 Å². The first-order valence-corrected chi connectivity index (χ1v) is 12.4. The second-order valence-electron chi connectivity index (χ2n) is 8.99. The number of benzene rings is 4. The average molecular weight is 488 g/mol. The van der Waals surface area contributed by atoms with Gasteiger partial charge in [-0.1, -0.05) is 103 Å². The molecule has 0 spiro atoms. The van der Waals surface area contributed by atoms with Crippen molar-refractivity contribution in [3.05, 3.63) is 128 Å². The molecule has 0 aliphatic heterocycles. The van der Waals surface area contributed by atoms with Crippen molar-refractivity contribution in [2.45, 2.75) is 0 Å². The van der Waals surface area contributed by atoms with Crippen molar-refractivity contribution in [1.29, 1.82) is 0 Å². The average Bonchev–Trinajstić information content (AvgIpc) is 3.01. The van der Waals surface area contributed by atoms with Crippen LogP contribution in [-0.4, -0.2) is 24.9 Å². The minimum absolute atomic E-state index is 0.627. The molecule has 0 saturated heterocycles. The molecule has 7 rings (SSSR count). The van der Waals surface area contributed by atoms with Gasteiger partial charge in [-0.15, -0.1) is 0 Å². The molecular formula is C33H21N5. The highest BCUT2D eigenvalue weighted by molar-refractivity contribution is 6.08.